The Morgan fingerprint density at radius 1 is 1.30 bits per heavy atom. The summed E-state index contributed by atoms with van der Waals surface area (Å²) in [6.45, 7) is 0.00451. The molecule has 0 saturated heterocycles. The quantitative estimate of drug-likeness (QED) is 0.542. The molecule has 1 amide bonds. The lowest BCUT2D eigenvalue weighted by Gasteiger charge is -2.22. The fourth-order valence-electron chi connectivity index (χ4n) is 1.70. The predicted molar refractivity (Wildman–Crippen MR) is 81.0 cm³/mol. The number of amides is 1. The summed E-state index contributed by atoms with van der Waals surface area (Å²) in [6.07, 6.45) is -4.66. The van der Waals surface area contributed by atoms with Crippen molar-refractivity contribution in [2.24, 2.45) is 0 Å². The van der Waals surface area contributed by atoms with E-state index in [1.165, 1.54) is 5.38 Å². The lowest BCUT2D eigenvalue weighted by Crippen LogP contribution is -2.39. The van der Waals surface area contributed by atoms with Gasteiger partial charge in [0, 0.05) is 5.38 Å². The van der Waals surface area contributed by atoms with Crippen molar-refractivity contribution in [3.05, 3.63) is 44.6 Å². The van der Waals surface area contributed by atoms with E-state index in [2.05, 4.69) is 4.98 Å². The average Bonchev–Trinajstić information content (AvgIpc) is 2.85. The van der Waals surface area contributed by atoms with Crippen molar-refractivity contribution in [3.8, 4) is 0 Å². The molecule has 1 aromatic heterocycles. The number of rotatable bonds is 3. The Balaban J connectivity index is 2.47. The van der Waals surface area contributed by atoms with Gasteiger partial charge in [-0.25, -0.2) is 9.37 Å². The van der Waals surface area contributed by atoms with Gasteiger partial charge in [-0.05, 0) is 19.1 Å². The molecule has 0 fully saturated rings. The van der Waals surface area contributed by atoms with Crippen LogP contribution in [-0.4, -0.2) is 23.6 Å². The second-order valence-electron chi connectivity index (χ2n) is 4.52. The van der Waals surface area contributed by atoms with Crippen LogP contribution in [-0.2, 0) is 0 Å². The molecule has 10 heteroatoms. The summed E-state index contributed by atoms with van der Waals surface area (Å²) in [4.78, 5) is 16.7. The molecule has 0 aliphatic rings. The minimum absolute atomic E-state index is 0.156. The van der Waals surface area contributed by atoms with Gasteiger partial charge in [0.25, 0.3) is 5.91 Å². The van der Waals surface area contributed by atoms with Crippen LogP contribution in [0.15, 0.2) is 17.5 Å². The monoisotopic (exact) mass is 386 g/mol. The number of hydrogen-bond acceptors (Lipinski definition) is 3. The van der Waals surface area contributed by atoms with Crippen LogP contribution < -0.4 is 4.90 Å². The molecule has 3 nitrogen and oxygen atoms in total. The van der Waals surface area contributed by atoms with Crippen molar-refractivity contribution in [1.82, 2.24) is 4.98 Å². The fraction of sp³-hybridized carbons (Fsp3) is 0.231. The number of hydrogen-bond donors (Lipinski definition) is 0. The third-order valence-electron chi connectivity index (χ3n) is 2.66. The minimum atomic E-state index is -4.66. The molecule has 0 saturated carbocycles. The molecule has 0 spiro atoms. The number of aryl methyl sites for hydroxylation is 1. The summed E-state index contributed by atoms with van der Waals surface area (Å²) in [5.41, 5.74) is 0.0315. The molecule has 1 aromatic carbocycles. The summed E-state index contributed by atoms with van der Waals surface area (Å²) in [5.74, 6) is -2.07. The summed E-state index contributed by atoms with van der Waals surface area (Å²) in [5, 5.41) is 0.757. The van der Waals surface area contributed by atoms with E-state index in [0.29, 0.717) is 16.7 Å². The highest BCUT2D eigenvalue weighted by atomic mass is 35.5. The zero-order valence-corrected chi connectivity index (χ0v) is 13.7. The smallest absolute Gasteiger partial charge is 0.275 e. The van der Waals surface area contributed by atoms with Crippen molar-refractivity contribution < 1.29 is 22.4 Å². The van der Waals surface area contributed by atoms with Gasteiger partial charge in [-0.1, -0.05) is 23.2 Å². The fourth-order valence-corrected chi connectivity index (χ4v) is 2.97. The van der Waals surface area contributed by atoms with Crippen molar-refractivity contribution in [2.75, 3.05) is 11.4 Å². The largest absolute Gasteiger partial charge is 0.406 e. The van der Waals surface area contributed by atoms with Gasteiger partial charge in [0.2, 0.25) is 0 Å². The molecule has 0 radical (unpaired) electrons. The van der Waals surface area contributed by atoms with E-state index in [9.17, 15) is 22.4 Å². The Morgan fingerprint density at radius 2 is 1.96 bits per heavy atom. The number of aromatic nitrogens is 1. The van der Waals surface area contributed by atoms with Crippen LogP contribution in [0.25, 0.3) is 0 Å². The lowest BCUT2D eigenvalue weighted by molar-refractivity contribution is -0.118. The molecule has 0 aliphatic heterocycles. The average molecular weight is 387 g/mol. The SMILES string of the molecule is Cc1csc(N(CC(F)(F)F)C(=O)c2cc(F)c(Cl)cc2Cl)n1. The molecule has 1 heterocycles. The van der Waals surface area contributed by atoms with Crippen LogP contribution in [0.2, 0.25) is 10.0 Å². The number of nitrogens with zero attached hydrogens (tertiary/aromatic N) is 2. The van der Waals surface area contributed by atoms with Gasteiger partial charge < -0.3 is 0 Å². The Kier molecular flexibility index (Phi) is 5.17. The molecule has 0 unspecified atom stereocenters. The van der Waals surface area contributed by atoms with E-state index in [4.69, 9.17) is 23.2 Å². The predicted octanol–water partition coefficient (Wildman–Crippen LogP) is 5.11. The lowest BCUT2D eigenvalue weighted by atomic mass is 10.2. The third-order valence-corrected chi connectivity index (χ3v) is 4.24. The maximum atomic E-state index is 13.5. The van der Waals surface area contributed by atoms with E-state index in [1.54, 1.807) is 6.92 Å². The number of alkyl halides is 3. The van der Waals surface area contributed by atoms with E-state index in [0.717, 1.165) is 17.4 Å². The van der Waals surface area contributed by atoms with E-state index >= 15 is 0 Å². The van der Waals surface area contributed by atoms with Crippen LogP contribution in [0.5, 0.6) is 0 Å². The first-order valence-corrected chi connectivity index (χ1v) is 7.67. The van der Waals surface area contributed by atoms with Crippen LogP contribution in [0.3, 0.4) is 0 Å². The molecular weight excluding hydrogens is 379 g/mol. The highest BCUT2D eigenvalue weighted by Gasteiger charge is 2.36. The molecule has 2 aromatic rings. The van der Waals surface area contributed by atoms with Gasteiger partial charge in [0.15, 0.2) is 5.13 Å². The summed E-state index contributed by atoms with van der Waals surface area (Å²) < 4.78 is 51.8. The highest BCUT2D eigenvalue weighted by Crippen LogP contribution is 2.30. The van der Waals surface area contributed by atoms with Crippen LogP contribution >= 0.6 is 34.5 Å². The van der Waals surface area contributed by atoms with Gasteiger partial charge in [-0.2, -0.15) is 13.2 Å². The maximum Gasteiger partial charge on any atom is 0.406 e. The summed E-state index contributed by atoms with van der Waals surface area (Å²) >= 11 is 12.2. The normalized spacial score (nSPS) is 11.6. The van der Waals surface area contributed by atoms with Crippen LogP contribution in [0, 0.1) is 12.7 Å². The number of carbonyl (C=O) groups excluding carboxylic acids is 1. The molecule has 0 atom stereocenters. The minimum Gasteiger partial charge on any atom is -0.275 e. The molecule has 0 aliphatic carbocycles. The number of anilines is 1. The highest BCUT2D eigenvalue weighted by molar-refractivity contribution is 7.14. The van der Waals surface area contributed by atoms with Crippen molar-refractivity contribution >= 4 is 45.6 Å². The van der Waals surface area contributed by atoms with Crippen molar-refractivity contribution in [2.45, 2.75) is 13.1 Å². The molecule has 0 bridgehead atoms. The van der Waals surface area contributed by atoms with E-state index in [1.807, 2.05) is 0 Å². The number of thiazole rings is 1. The summed E-state index contributed by atoms with van der Waals surface area (Å²) in [6, 6.07) is 1.67. The number of carbonyl (C=O) groups is 1. The second kappa shape index (κ2) is 6.62. The topological polar surface area (TPSA) is 33.2 Å². The molecule has 124 valence electrons. The van der Waals surface area contributed by atoms with Gasteiger partial charge in [0.1, 0.15) is 12.4 Å². The molecular formula is C13H8Cl2F4N2OS. The Labute approximate surface area is 142 Å². The first-order chi connectivity index (χ1) is 10.6. The third kappa shape index (κ3) is 4.33. The molecule has 23 heavy (non-hydrogen) atoms. The first-order valence-electron chi connectivity index (χ1n) is 6.04. The van der Waals surface area contributed by atoms with Crippen molar-refractivity contribution in [1.29, 1.82) is 0 Å². The van der Waals surface area contributed by atoms with E-state index in [-0.39, 0.29) is 15.2 Å². The standard InChI is InChI=1S/C13H8Cl2F4N2OS/c1-6-4-23-12(20-6)21(5-13(17,18)19)11(22)7-2-10(16)9(15)3-8(7)14/h2-4H,5H2,1H3. The zero-order chi connectivity index (χ0) is 17.4. The van der Waals surface area contributed by atoms with Gasteiger partial charge in [-0.3, -0.25) is 9.69 Å². The number of benzene rings is 1. The van der Waals surface area contributed by atoms with E-state index < -0.39 is 30.0 Å². The Bertz CT molecular complexity index is 748. The maximum absolute atomic E-state index is 13.5. The first kappa shape index (κ1) is 18.0. The van der Waals surface area contributed by atoms with Crippen LogP contribution in [0.4, 0.5) is 22.7 Å². The van der Waals surface area contributed by atoms with Crippen LogP contribution in [0.1, 0.15) is 16.1 Å². The van der Waals surface area contributed by atoms with Crippen molar-refractivity contribution in [3.63, 3.8) is 0 Å². The van der Waals surface area contributed by atoms with Gasteiger partial charge in [0.05, 0.1) is 21.3 Å². The molecule has 0 N–H and O–H groups in total. The summed E-state index contributed by atoms with van der Waals surface area (Å²) in [7, 11) is 0. The molecule has 2 rings (SSSR count). The zero-order valence-electron chi connectivity index (χ0n) is 11.4. The van der Waals surface area contributed by atoms with Gasteiger partial charge in [-0.15, -0.1) is 11.3 Å². The Hall–Kier alpha value is -1.38. The second-order valence-corrected chi connectivity index (χ2v) is 6.18. The van der Waals surface area contributed by atoms with Gasteiger partial charge >= 0.3 is 6.18 Å². The Morgan fingerprint density at radius 3 is 2.48 bits per heavy atom. The number of halogens is 6.